The minimum absolute atomic E-state index is 0.174. The van der Waals surface area contributed by atoms with Crippen molar-refractivity contribution in [3.8, 4) is 17.0 Å². The molecule has 4 rings (SSSR count). The van der Waals surface area contributed by atoms with Crippen LogP contribution in [0.15, 0.2) is 30.3 Å². The average Bonchev–Trinajstić information content (AvgIpc) is 3.01. The Morgan fingerprint density at radius 2 is 1.87 bits per heavy atom. The molecule has 0 aliphatic carbocycles. The largest absolute Gasteiger partial charge is 0.507 e. The molecule has 0 unspecified atom stereocenters. The molecule has 6 heteroatoms. The van der Waals surface area contributed by atoms with Gasteiger partial charge in [-0.25, -0.2) is 4.98 Å². The Balaban J connectivity index is 1.74. The van der Waals surface area contributed by atoms with Crippen molar-refractivity contribution < 1.29 is 5.11 Å². The topological polar surface area (TPSA) is 49.2 Å². The smallest absolute Gasteiger partial charge is 0.188 e. The molecule has 3 aromatic rings. The van der Waals surface area contributed by atoms with Crippen molar-refractivity contribution in [3.63, 3.8) is 0 Å². The number of nitrogens with zero attached hydrogens (tertiary/aromatic N) is 3. The summed E-state index contributed by atoms with van der Waals surface area (Å²) in [6, 6.07) is 8.90. The van der Waals surface area contributed by atoms with Gasteiger partial charge in [0.05, 0.1) is 10.4 Å². The van der Waals surface area contributed by atoms with Crippen LogP contribution in [0.3, 0.4) is 0 Å². The second-order valence-electron chi connectivity index (χ2n) is 5.72. The monoisotopic (exact) mass is 345 g/mol. The summed E-state index contributed by atoms with van der Waals surface area (Å²) in [7, 11) is 0. The fourth-order valence-corrected chi connectivity index (χ4v) is 4.02. The van der Waals surface area contributed by atoms with Gasteiger partial charge in [0.15, 0.2) is 10.8 Å². The number of aromatic nitrogens is 2. The van der Waals surface area contributed by atoms with Gasteiger partial charge < -0.3 is 10.0 Å². The van der Waals surface area contributed by atoms with Gasteiger partial charge in [0.1, 0.15) is 5.75 Å². The van der Waals surface area contributed by atoms with Crippen molar-refractivity contribution in [1.29, 1.82) is 0 Å². The normalized spacial score (nSPS) is 15.3. The SMILES string of the molecule is Oc1ccc(Cl)cc1-c1ccc2sc(N3CCCCC3)nc2n1. The van der Waals surface area contributed by atoms with Gasteiger partial charge in [-0.1, -0.05) is 22.9 Å². The number of aromatic hydroxyl groups is 1. The van der Waals surface area contributed by atoms with Crippen LogP contribution in [0.25, 0.3) is 21.6 Å². The van der Waals surface area contributed by atoms with Crippen molar-refractivity contribution in [1.82, 2.24) is 9.97 Å². The summed E-state index contributed by atoms with van der Waals surface area (Å²) in [6.45, 7) is 2.14. The number of phenolic OH excluding ortho intramolecular Hbond substituents is 1. The van der Waals surface area contributed by atoms with Crippen LogP contribution in [0.4, 0.5) is 5.13 Å². The Bertz CT molecular complexity index is 858. The van der Waals surface area contributed by atoms with E-state index in [-0.39, 0.29) is 5.75 Å². The molecule has 1 N–H and O–H groups in total. The highest BCUT2D eigenvalue weighted by Crippen LogP contribution is 2.34. The number of hydrogen-bond acceptors (Lipinski definition) is 5. The highest BCUT2D eigenvalue weighted by molar-refractivity contribution is 7.22. The van der Waals surface area contributed by atoms with Crippen LogP contribution in [0.5, 0.6) is 5.75 Å². The minimum Gasteiger partial charge on any atom is -0.507 e. The molecule has 3 heterocycles. The minimum atomic E-state index is 0.174. The summed E-state index contributed by atoms with van der Waals surface area (Å²) in [6.07, 6.45) is 3.76. The van der Waals surface area contributed by atoms with E-state index < -0.39 is 0 Å². The van der Waals surface area contributed by atoms with Gasteiger partial charge in [0, 0.05) is 23.7 Å². The molecule has 23 heavy (non-hydrogen) atoms. The molecule has 1 aromatic carbocycles. The van der Waals surface area contributed by atoms with Gasteiger partial charge in [0.25, 0.3) is 0 Å². The molecule has 0 spiro atoms. The van der Waals surface area contributed by atoms with E-state index in [4.69, 9.17) is 16.6 Å². The quantitative estimate of drug-likeness (QED) is 0.730. The number of anilines is 1. The predicted octanol–water partition coefficient (Wildman–Crippen LogP) is 4.71. The maximum absolute atomic E-state index is 10.0. The number of fused-ring (bicyclic) bond motifs is 1. The summed E-state index contributed by atoms with van der Waals surface area (Å²) in [5.74, 6) is 0.174. The van der Waals surface area contributed by atoms with Crippen molar-refractivity contribution in [3.05, 3.63) is 35.4 Å². The third kappa shape index (κ3) is 2.86. The molecular weight excluding hydrogens is 330 g/mol. The molecule has 0 saturated carbocycles. The summed E-state index contributed by atoms with van der Waals surface area (Å²) < 4.78 is 1.07. The number of phenols is 1. The molecular formula is C17H16ClN3OS. The Morgan fingerprint density at radius 1 is 1.04 bits per heavy atom. The van der Waals surface area contributed by atoms with Gasteiger partial charge in [-0.3, -0.25) is 0 Å². The predicted molar refractivity (Wildman–Crippen MR) is 95.6 cm³/mol. The third-order valence-corrected chi connectivity index (χ3v) is 5.41. The molecule has 2 aromatic heterocycles. The van der Waals surface area contributed by atoms with Crippen LogP contribution in [-0.2, 0) is 0 Å². The maximum atomic E-state index is 10.0. The Kier molecular flexibility index (Phi) is 3.83. The van der Waals surface area contributed by atoms with Crippen LogP contribution < -0.4 is 4.90 Å². The molecule has 1 fully saturated rings. The standard InChI is InChI=1S/C17H16ClN3OS/c18-11-4-6-14(22)12(10-11)13-5-7-15-16(19-13)20-17(23-15)21-8-2-1-3-9-21/h4-7,10,22H,1-3,8-9H2. The van der Waals surface area contributed by atoms with E-state index in [0.717, 1.165) is 28.6 Å². The third-order valence-electron chi connectivity index (χ3n) is 4.10. The lowest BCUT2D eigenvalue weighted by atomic mass is 10.1. The number of halogens is 1. The average molecular weight is 346 g/mol. The van der Waals surface area contributed by atoms with Crippen molar-refractivity contribution in [2.45, 2.75) is 19.3 Å². The van der Waals surface area contributed by atoms with Crippen LogP contribution in [0.2, 0.25) is 5.02 Å². The molecule has 1 aliphatic rings. The van der Waals surface area contributed by atoms with Gasteiger partial charge in [-0.15, -0.1) is 0 Å². The van der Waals surface area contributed by atoms with Crippen molar-refractivity contribution in [2.24, 2.45) is 0 Å². The zero-order valence-electron chi connectivity index (χ0n) is 12.5. The fraction of sp³-hybridized carbons (Fsp3) is 0.294. The van der Waals surface area contributed by atoms with Crippen LogP contribution in [0.1, 0.15) is 19.3 Å². The van der Waals surface area contributed by atoms with Crippen molar-refractivity contribution in [2.75, 3.05) is 18.0 Å². The van der Waals surface area contributed by atoms with E-state index in [0.29, 0.717) is 16.3 Å². The van der Waals surface area contributed by atoms with E-state index in [1.165, 1.54) is 19.3 Å². The first kappa shape index (κ1) is 14.7. The summed E-state index contributed by atoms with van der Waals surface area (Å²) in [5.41, 5.74) is 2.05. The molecule has 4 nitrogen and oxygen atoms in total. The molecule has 1 aliphatic heterocycles. The van der Waals surface area contributed by atoms with E-state index in [2.05, 4.69) is 9.88 Å². The van der Waals surface area contributed by atoms with Crippen LogP contribution in [0, 0.1) is 0 Å². The number of benzene rings is 1. The fourth-order valence-electron chi connectivity index (χ4n) is 2.89. The summed E-state index contributed by atoms with van der Waals surface area (Å²) >= 11 is 7.71. The first-order chi connectivity index (χ1) is 11.2. The lowest BCUT2D eigenvalue weighted by Gasteiger charge is -2.25. The lowest BCUT2D eigenvalue weighted by Crippen LogP contribution is -2.29. The molecule has 0 radical (unpaired) electrons. The number of hydrogen-bond donors (Lipinski definition) is 1. The zero-order valence-corrected chi connectivity index (χ0v) is 14.1. The molecule has 0 amide bonds. The summed E-state index contributed by atoms with van der Waals surface area (Å²) in [5, 5.41) is 11.7. The van der Waals surface area contributed by atoms with E-state index in [1.54, 1.807) is 29.5 Å². The van der Waals surface area contributed by atoms with Crippen LogP contribution >= 0.6 is 22.9 Å². The second-order valence-corrected chi connectivity index (χ2v) is 7.17. The number of thiazole rings is 1. The Hall–Kier alpha value is -1.85. The van der Waals surface area contributed by atoms with E-state index in [1.807, 2.05) is 12.1 Å². The van der Waals surface area contributed by atoms with Gasteiger partial charge in [0.2, 0.25) is 0 Å². The zero-order chi connectivity index (χ0) is 15.8. The highest BCUT2D eigenvalue weighted by Gasteiger charge is 2.16. The summed E-state index contributed by atoms with van der Waals surface area (Å²) in [4.78, 5) is 11.6. The molecule has 1 saturated heterocycles. The van der Waals surface area contributed by atoms with Gasteiger partial charge >= 0.3 is 0 Å². The van der Waals surface area contributed by atoms with E-state index >= 15 is 0 Å². The lowest BCUT2D eigenvalue weighted by molar-refractivity contribution is 0.477. The van der Waals surface area contributed by atoms with Gasteiger partial charge in [-0.2, -0.15) is 4.98 Å². The number of piperidine rings is 1. The van der Waals surface area contributed by atoms with Crippen molar-refractivity contribution >= 4 is 38.4 Å². The van der Waals surface area contributed by atoms with Crippen LogP contribution in [-0.4, -0.2) is 28.2 Å². The Labute approximate surface area is 143 Å². The van der Waals surface area contributed by atoms with E-state index in [9.17, 15) is 5.11 Å². The highest BCUT2D eigenvalue weighted by atomic mass is 35.5. The molecule has 0 atom stereocenters. The number of rotatable bonds is 2. The maximum Gasteiger partial charge on any atom is 0.188 e. The molecule has 118 valence electrons. The van der Waals surface area contributed by atoms with Gasteiger partial charge in [-0.05, 0) is 49.6 Å². The first-order valence-corrected chi connectivity index (χ1v) is 8.91. The molecule has 0 bridgehead atoms. The Morgan fingerprint density at radius 3 is 2.70 bits per heavy atom. The second kappa shape index (κ2) is 5.98. The first-order valence-electron chi connectivity index (χ1n) is 7.72. The number of pyridine rings is 1.